The first kappa shape index (κ1) is 19.2. The highest BCUT2D eigenvalue weighted by Crippen LogP contribution is 2.36. The van der Waals surface area contributed by atoms with Crippen LogP contribution >= 0.6 is 0 Å². The molecule has 0 bridgehead atoms. The number of aryl methyl sites for hydroxylation is 1. The number of anilines is 1. The SMILES string of the molecule is Cc1cc(CC(=O)N2CCc3ccccc32)ccc1B1OC(C)(C)C(C)(C)O1. The van der Waals surface area contributed by atoms with Crippen LogP contribution in [0.4, 0.5) is 5.69 Å². The van der Waals surface area contributed by atoms with E-state index in [4.69, 9.17) is 9.31 Å². The molecule has 1 saturated heterocycles. The van der Waals surface area contributed by atoms with Crippen molar-refractivity contribution in [3.05, 3.63) is 59.2 Å². The van der Waals surface area contributed by atoms with Crippen LogP contribution < -0.4 is 10.4 Å². The van der Waals surface area contributed by atoms with Gasteiger partial charge in [-0.15, -0.1) is 0 Å². The Morgan fingerprint density at radius 3 is 2.43 bits per heavy atom. The fraction of sp³-hybridized carbons (Fsp3) is 0.435. The van der Waals surface area contributed by atoms with Gasteiger partial charge in [0.2, 0.25) is 5.91 Å². The van der Waals surface area contributed by atoms with Gasteiger partial charge in [-0.2, -0.15) is 0 Å². The Labute approximate surface area is 168 Å². The second-order valence-electron chi connectivity index (χ2n) is 8.88. The minimum Gasteiger partial charge on any atom is -0.399 e. The molecule has 2 heterocycles. The number of para-hydroxylation sites is 1. The summed E-state index contributed by atoms with van der Waals surface area (Å²) in [4.78, 5) is 14.8. The van der Waals surface area contributed by atoms with Gasteiger partial charge in [-0.05, 0) is 63.7 Å². The van der Waals surface area contributed by atoms with Gasteiger partial charge in [0.1, 0.15) is 0 Å². The van der Waals surface area contributed by atoms with Gasteiger partial charge >= 0.3 is 7.12 Å². The van der Waals surface area contributed by atoms with E-state index in [1.54, 1.807) is 0 Å². The number of carbonyl (C=O) groups is 1. The molecule has 0 saturated carbocycles. The molecule has 2 aromatic rings. The minimum absolute atomic E-state index is 0.146. The highest BCUT2D eigenvalue weighted by Gasteiger charge is 2.52. The van der Waals surface area contributed by atoms with E-state index in [-0.39, 0.29) is 24.2 Å². The molecule has 1 fully saturated rings. The Morgan fingerprint density at radius 1 is 1.07 bits per heavy atom. The first-order valence-corrected chi connectivity index (χ1v) is 10.0. The molecule has 28 heavy (non-hydrogen) atoms. The van der Waals surface area contributed by atoms with Crippen LogP contribution in [0.15, 0.2) is 42.5 Å². The highest BCUT2D eigenvalue weighted by molar-refractivity contribution is 6.62. The molecule has 2 aliphatic heterocycles. The summed E-state index contributed by atoms with van der Waals surface area (Å²) < 4.78 is 12.3. The molecule has 0 N–H and O–H groups in total. The minimum atomic E-state index is -0.375. The van der Waals surface area contributed by atoms with Gasteiger partial charge in [0.05, 0.1) is 17.6 Å². The third kappa shape index (κ3) is 3.27. The lowest BCUT2D eigenvalue weighted by molar-refractivity contribution is -0.117. The second-order valence-corrected chi connectivity index (χ2v) is 8.88. The molecule has 0 atom stereocenters. The van der Waals surface area contributed by atoms with Crippen molar-refractivity contribution < 1.29 is 14.1 Å². The Bertz CT molecular complexity index is 906. The maximum Gasteiger partial charge on any atom is 0.495 e. The topological polar surface area (TPSA) is 38.8 Å². The number of amides is 1. The van der Waals surface area contributed by atoms with E-state index >= 15 is 0 Å². The van der Waals surface area contributed by atoms with Crippen LogP contribution in [0.5, 0.6) is 0 Å². The van der Waals surface area contributed by atoms with Gasteiger partial charge in [-0.1, -0.05) is 42.0 Å². The van der Waals surface area contributed by atoms with Crippen molar-refractivity contribution in [3.8, 4) is 0 Å². The van der Waals surface area contributed by atoms with Crippen molar-refractivity contribution in [1.82, 2.24) is 0 Å². The standard InChI is InChI=1S/C23H28BNO3/c1-16-14-17(10-11-19(16)24-27-22(2,3)23(4,5)28-24)15-21(26)25-13-12-18-8-6-7-9-20(18)25/h6-11,14H,12-13,15H2,1-5H3. The first-order chi connectivity index (χ1) is 13.2. The quantitative estimate of drug-likeness (QED) is 0.770. The number of rotatable bonds is 3. The molecule has 4 rings (SSSR count). The molecular formula is C23H28BNO3. The summed E-state index contributed by atoms with van der Waals surface area (Å²) in [6.45, 7) is 11.1. The van der Waals surface area contributed by atoms with Crippen molar-refractivity contribution in [2.24, 2.45) is 0 Å². The maximum absolute atomic E-state index is 12.9. The average molecular weight is 377 g/mol. The largest absolute Gasteiger partial charge is 0.495 e. The Hall–Kier alpha value is -2.11. The van der Waals surface area contributed by atoms with E-state index < -0.39 is 0 Å². The van der Waals surface area contributed by atoms with Crippen molar-refractivity contribution in [2.75, 3.05) is 11.4 Å². The van der Waals surface area contributed by atoms with Gasteiger partial charge < -0.3 is 14.2 Å². The van der Waals surface area contributed by atoms with E-state index in [1.807, 2.05) is 35.2 Å². The predicted octanol–water partition coefficient (Wildman–Crippen LogP) is 3.43. The molecule has 0 aliphatic carbocycles. The molecular weight excluding hydrogens is 349 g/mol. The summed E-state index contributed by atoms with van der Waals surface area (Å²) in [5.74, 6) is 0.146. The molecule has 146 valence electrons. The molecule has 0 unspecified atom stereocenters. The summed E-state index contributed by atoms with van der Waals surface area (Å²) in [7, 11) is -0.375. The maximum atomic E-state index is 12.9. The lowest BCUT2D eigenvalue weighted by atomic mass is 9.75. The Kier molecular flexibility index (Phi) is 4.63. The van der Waals surface area contributed by atoms with E-state index in [2.05, 4.69) is 46.8 Å². The summed E-state index contributed by atoms with van der Waals surface area (Å²) in [5, 5.41) is 0. The van der Waals surface area contributed by atoms with Gasteiger partial charge in [-0.3, -0.25) is 4.79 Å². The van der Waals surface area contributed by atoms with Crippen molar-refractivity contribution >= 4 is 24.2 Å². The van der Waals surface area contributed by atoms with Crippen LogP contribution in [-0.2, 0) is 26.9 Å². The van der Waals surface area contributed by atoms with E-state index in [1.165, 1.54) is 5.56 Å². The average Bonchev–Trinajstić information content (AvgIpc) is 3.13. The summed E-state index contributed by atoms with van der Waals surface area (Å²) in [6, 6.07) is 14.3. The van der Waals surface area contributed by atoms with E-state index in [9.17, 15) is 4.79 Å². The normalized spacial score (nSPS) is 19.8. The van der Waals surface area contributed by atoms with Crippen molar-refractivity contribution in [1.29, 1.82) is 0 Å². The van der Waals surface area contributed by atoms with E-state index in [0.717, 1.165) is 35.2 Å². The molecule has 1 amide bonds. The van der Waals surface area contributed by atoms with Crippen LogP contribution in [0.25, 0.3) is 0 Å². The number of nitrogens with zero attached hydrogens (tertiary/aromatic N) is 1. The highest BCUT2D eigenvalue weighted by atomic mass is 16.7. The zero-order chi connectivity index (χ0) is 20.1. The molecule has 2 aliphatic rings. The first-order valence-electron chi connectivity index (χ1n) is 10.0. The van der Waals surface area contributed by atoms with Crippen LogP contribution in [0, 0.1) is 6.92 Å². The van der Waals surface area contributed by atoms with Crippen LogP contribution in [0.1, 0.15) is 44.4 Å². The molecule has 0 aromatic heterocycles. The predicted molar refractivity (Wildman–Crippen MR) is 113 cm³/mol. The number of hydrogen-bond acceptors (Lipinski definition) is 3. The fourth-order valence-electron chi connectivity index (χ4n) is 3.95. The second kappa shape index (κ2) is 6.75. The van der Waals surface area contributed by atoms with Crippen molar-refractivity contribution in [2.45, 2.75) is 58.7 Å². The Balaban J connectivity index is 1.49. The van der Waals surface area contributed by atoms with Gasteiger partial charge in [0.15, 0.2) is 0 Å². The number of fused-ring (bicyclic) bond motifs is 1. The summed E-state index contributed by atoms with van der Waals surface area (Å²) in [6.07, 6.45) is 1.33. The molecule has 0 spiro atoms. The zero-order valence-electron chi connectivity index (χ0n) is 17.4. The fourth-order valence-corrected chi connectivity index (χ4v) is 3.95. The van der Waals surface area contributed by atoms with Crippen molar-refractivity contribution in [3.63, 3.8) is 0 Å². The monoisotopic (exact) mass is 377 g/mol. The van der Waals surface area contributed by atoms with Gasteiger partial charge in [0, 0.05) is 12.2 Å². The number of benzene rings is 2. The third-order valence-electron chi connectivity index (χ3n) is 6.38. The van der Waals surface area contributed by atoms with Crippen LogP contribution in [0.3, 0.4) is 0 Å². The molecule has 2 aromatic carbocycles. The smallest absolute Gasteiger partial charge is 0.399 e. The number of hydrogen-bond donors (Lipinski definition) is 0. The third-order valence-corrected chi connectivity index (χ3v) is 6.38. The summed E-state index contributed by atoms with van der Waals surface area (Å²) in [5.41, 5.74) is 4.73. The Morgan fingerprint density at radius 2 is 1.75 bits per heavy atom. The van der Waals surface area contributed by atoms with Gasteiger partial charge in [-0.25, -0.2) is 0 Å². The van der Waals surface area contributed by atoms with Crippen LogP contribution in [0.2, 0.25) is 0 Å². The van der Waals surface area contributed by atoms with Gasteiger partial charge in [0.25, 0.3) is 0 Å². The molecule has 5 heteroatoms. The lowest BCUT2D eigenvalue weighted by Gasteiger charge is -2.32. The van der Waals surface area contributed by atoms with E-state index in [0.29, 0.717) is 6.42 Å². The molecule has 4 nitrogen and oxygen atoms in total. The molecule has 0 radical (unpaired) electrons. The van der Waals surface area contributed by atoms with Crippen LogP contribution in [-0.4, -0.2) is 30.8 Å². The zero-order valence-corrected chi connectivity index (χ0v) is 17.4. The summed E-state index contributed by atoms with van der Waals surface area (Å²) >= 11 is 0. The number of carbonyl (C=O) groups excluding carboxylic acids is 1. The lowest BCUT2D eigenvalue weighted by Crippen LogP contribution is -2.41.